The number of hydrogen-bond donors (Lipinski definition) is 1. The van der Waals surface area contributed by atoms with Gasteiger partial charge in [-0.2, -0.15) is 0 Å². The van der Waals surface area contributed by atoms with Crippen molar-refractivity contribution in [3.8, 4) is 5.75 Å². The predicted octanol–water partition coefficient (Wildman–Crippen LogP) is 2.69. The normalized spacial score (nSPS) is 15.3. The zero-order chi connectivity index (χ0) is 21.8. The molecule has 3 aromatic rings. The standard InChI is InChI=1S/C24H30N4O3/c1-26-20-10-3-4-11-21(20)28(24(26)30)15-12-23(29)25-17-22(27-13-5-6-14-27)18-8-7-9-19(16-18)31-2/h3-4,7-11,16,22H,5-6,12-15,17H2,1-2H3,(H,25,29). The quantitative estimate of drug-likeness (QED) is 0.606. The van der Waals surface area contributed by atoms with E-state index in [1.165, 1.54) is 12.8 Å². The van der Waals surface area contributed by atoms with Crippen LogP contribution in [-0.2, 0) is 18.4 Å². The van der Waals surface area contributed by atoms with Crippen LogP contribution in [-0.4, -0.2) is 46.7 Å². The summed E-state index contributed by atoms with van der Waals surface area (Å²) in [5.41, 5.74) is 2.78. The smallest absolute Gasteiger partial charge is 0.328 e. The highest BCUT2D eigenvalue weighted by atomic mass is 16.5. The molecule has 7 heteroatoms. The zero-order valence-electron chi connectivity index (χ0n) is 18.2. The molecule has 0 bridgehead atoms. The van der Waals surface area contributed by atoms with Crippen LogP contribution in [0.5, 0.6) is 5.75 Å². The van der Waals surface area contributed by atoms with Gasteiger partial charge in [-0.05, 0) is 55.8 Å². The van der Waals surface area contributed by atoms with Gasteiger partial charge in [0.1, 0.15) is 5.75 Å². The molecule has 1 fully saturated rings. The summed E-state index contributed by atoms with van der Waals surface area (Å²) in [5, 5.41) is 3.10. The molecule has 1 amide bonds. The summed E-state index contributed by atoms with van der Waals surface area (Å²) in [6.07, 6.45) is 2.62. The molecule has 1 aliphatic rings. The number of carbonyl (C=O) groups excluding carboxylic acids is 1. The number of imidazole rings is 1. The van der Waals surface area contributed by atoms with Gasteiger partial charge in [-0.25, -0.2) is 4.79 Å². The van der Waals surface area contributed by atoms with Gasteiger partial charge in [-0.1, -0.05) is 24.3 Å². The van der Waals surface area contributed by atoms with Crippen molar-refractivity contribution < 1.29 is 9.53 Å². The van der Waals surface area contributed by atoms with Crippen LogP contribution in [0, 0.1) is 0 Å². The van der Waals surface area contributed by atoms with Crippen molar-refractivity contribution >= 4 is 16.9 Å². The average molecular weight is 423 g/mol. The van der Waals surface area contributed by atoms with Crippen molar-refractivity contribution in [3.05, 3.63) is 64.6 Å². The Bertz CT molecular complexity index is 1110. The summed E-state index contributed by atoms with van der Waals surface area (Å²) in [7, 11) is 3.43. The number of likely N-dealkylation sites (tertiary alicyclic amines) is 1. The Labute approximate surface area is 182 Å². The van der Waals surface area contributed by atoms with Crippen LogP contribution in [0.25, 0.3) is 11.0 Å². The number of fused-ring (bicyclic) bond motifs is 1. The first-order valence-electron chi connectivity index (χ1n) is 10.9. The van der Waals surface area contributed by atoms with Crippen molar-refractivity contribution in [2.24, 2.45) is 7.05 Å². The highest BCUT2D eigenvalue weighted by molar-refractivity contribution is 5.78. The van der Waals surface area contributed by atoms with Gasteiger partial charge in [0.15, 0.2) is 0 Å². The van der Waals surface area contributed by atoms with E-state index in [-0.39, 0.29) is 24.1 Å². The number of methoxy groups -OCH3 is 1. The molecule has 1 saturated heterocycles. The van der Waals surface area contributed by atoms with Crippen molar-refractivity contribution in [3.63, 3.8) is 0 Å². The summed E-state index contributed by atoms with van der Waals surface area (Å²) in [6.45, 7) is 2.96. The number of hydrogen-bond acceptors (Lipinski definition) is 4. The number of rotatable bonds is 8. The van der Waals surface area contributed by atoms with Gasteiger partial charge in [0.25, 0.3) is 0 Å². The van der Waals surface area contributed by atoms with Gasteiger partial charge in [0.05, 0.1) is 24.2 Å². The second-order valence-electron chi connectivity index (χ2n) is 8.07. The van der Waals surface area contributed by atoms with Crippen molar-refractivity contribution in [2.75, 3.05) is 26.7 Å². The summed E-state index contributed by atoms with van der Waals surface area (Å²) in [6, 6.07) is 15.8. The molecule has 0 radical (unpaired) electrons. The fourth-order valence-corrected chi connectivity index (χ4v) is 4.45. The van der Waals surface area contributed by atoms with E-state index in [9.17, 15) is 9.59 Å². The topological polar surface area (TPSA) is 68.5 Å². The van der Waals surface area contributed by atoms with Crippen LogP contribution in [0.15, 0.2) is 53.3 Å². The molecule has 2 aromatic carbocycles. The number of para-hydroxylation sites is 2. The summed E-state index contributed by atoms with van der Waals surface area (Å²) in [4.78, 5) is 27.7. The van der Waals surface area contributed by atoms with Crippen LogP contribution < -0.4 is 15.7 Å². The molecule has 1 atom stereocenters. The van der Waals surface area contributed by atoms with E-state index in [0.29, 0.717) is 13.1 Å². The number of aromatic nitrogens is 2. The monoisotopic (exact) mass is 422 g/mol. The largest absolute Gasteiger partial charge is 0.497 e. The summed E-state index contributed by atoms with van der Waals surface area (Å²) in [5.74, 6) is 0.773. The second kappa shape index (κ2) is 9.39. The molecule has 1 N–H and O–H groups in total. The molecular formula is C24H30N4O3. The fourth-order valence-electron chi connectivity index (χ4n) is 4.45. The molecule has 1 aromatic heterocycles. The number of nitrogens with zero attached hydrogens (tertiary/aromatic N) is 3. The average Bonchev–Trinajstić information content (AvgIpc) is 3.41. The molecule has 1 unspecified atom stereocenters. The summed E-state index contributed by atoms with van der Waals surface area (Å²) >= 11 is 0. The van der Waals surface area contributed by atoms with Gasteiger partial charge >= 0.3 is 5.69 Å². The Hall–Kier alpha value is -3.06. The van der Waals surface area contributed by atoms with Crippen LogP contribution in [0.3, 0.4) is 0 Å². The van der Waals surface area contributed by atoms with Crippen molar-refractivity contribution in [1.29, 1.82) is 0 Å². The lowest BCUT2D eigenvalue weighted by Gasteiger charge is -2.28. The fraction of sp³-hybridized carbons (Fsp3) is 0.417. The minimum absolute atomic E-state index is 0.0491. The first kappa shape index (κ1) is 21.2. The van der Waals surface area contributed by atoms with Crippen LogP contribution in [0.2, 0.25) is 0 Å². The number of aryl methyl sites for hydroxylation is 2. The molecule has 7 nitrogen and oxygen atoms in total. The Morgan fingerprint density at radius 3 is 2.58 bits per heavy atom. The lowest BCUT2D eigenvalue weighted by atomic mass is 10.0. The maximum Gasteiger partial charge on any atom is 0.328 e. The minimum atomic E-state index is -0.0969. The van der Waals surface area contributed by atoms with Gasteiger partial charge in [-0.3, -0.25) is 18.8 Å². The van der Waals surface area contributed by atoms with Crippen LogP contribution in [0.1, 0.15) is 30.9 Å². The van der Waals surface area contributed by atoms with E-state index in [2.05, 4.69) is 16.3 Å². The highest BCUT2D eigenvalue weighted by Gasteiger charge is 2.24. The predicted molar refractivity (Wildman–Crippen MR) is 121 cm³/mol. The third-order valence-electron chi connectivity index (χ3n) is 6.17. The SMILES string of the molecule is COc1cccc(C(CNC(=O)CCn2c(=O)n(C)c3ccccc32)N2CCCC2)c1. The molecule has 1 aliphatic heterocycles. The van der Waals surface area contributed by atoms with Gasteiger partial charge < -0.3 is 10.1 Å². The maximum absolute atomic E-state index is 12.7. The van der Waals surface area contributed by atoms with Gasteiger partial charge in [0, 0.05) is 26.6 Å². The third kappa shape index (κ3) is 4.51. The van der Waals surface area contributed by atoms with E-state index >= 15 is 0 Å². The van der Waals surface area contributed by atoms with Crippen LogP contribution >= 0.6 is 0 Å². The number of benzene rings is 2. The first-order chi connectivity index (χ1) is 15.1. The molecular weight excluding hydrogens is 392 g/mol. The van der Waals surface area contributed by atoms with Gasteiger partial charge in [0.2, 0.25) is 5.91 Å². The number of carbonyl (C=O) groups is 1. The van der Waals surface area contributed by atoms with Crippen molar-refractivity contribution in [2.45, 2.75) is 31.8 Å². The highest BCUT2D eigenvalue weighted by Crippen LogP contribution is 2.27. The molecule has 164 valence electrons. The molecule has 0 saturated carbocycles. The molecule has 0 spiro atoms. The lowest BCUT2D eigenvalue weighted by molar-refractivity contribution is -0.121. The van der Waals surface area contributed by atoms with E-state index < -0.39 is 0 Å². The maximum atomic E-state index is 12.7. The molecule has 0 aliphatic carbocycles. The Kier molecular flexibility index (Phi) is 6.42. The molecule has 31 heavy (non-hydrogen) atoms. The van der Waals surface area contributed by atoms with Gasteiger partial charge in [-0.15, -0.1) is 0 Å². The second-order valence-corrected chi connectivity index (χ2v) is 8.07. The van der Waals surface area contributed by atoms with E-state index in [4.69, 9.17) is 4.74 Å². The van der Waals surface area contributed by atoms with Crippen molar-refractivity contribution in [1.82, 2.24) is 19.4 Å². The third-order valence-corrected chi connectivity index (χ3v) is 6.17. The lowest BCUT2D eigenvalue weighted by Crippen LogP contribution is -2.37. The number of amides is 1. The molecule has 2 heterocycles. The Morgan fingerprint density at radius 1 is 1.10 bits per heavy atom. The Balaban J connectivity index is 1.43. The molecule has 4 rings (SSSR count). The summed E-state index contributed by atoms with van der Waals surface area (Å²) < 4.78 is 8.69. The first-order valence-corrected chi connectivity index (χ1v) is 10.9. The number of nitrogens with one attached hydrogen (secondary N) is 1. The zero-order valence-corrected chi connectivity index (χ0v) is 18.2. The minimum Gasteiger partial charge on any atom is -0.497 e. The number of ether oxygens (including phenoxy) is 1. The van der Waals surface area contributed by atoms with E-state index in [0.717, 1.165) is 35.4 Å². The van der Waals surface area contributed by atoms with Crippen LogP contribution in [0.4, 0.5) is 0 Å². The van der Waals surface area contributed by atoms with E-state index in [1.807, 2.05) is 42.5 Å². The van der Waals surface area contributed by atoms with E-state index in [1.54, 1.807) is 23.3 Å². The Morgan fingerprint density at radius 2 is 1.84 bits per heavy atom.